The van der Waals surface area contributed by atoms with E-state index in [9.17, 15) is 18.4 Å². The number of fused-ring (bicyclic) bond motifs is 1. The number of hydroxylamine groups is 1. The molecule has 3 N–H and O–H groups in total. The van der Waals surface area contributed by atoms with E-state index in [-0.39, 0.29) is 16.5 Å². The maximum atomic E-state index is 13.6. The summed E-state index contributed by atoms with van der Waals surface area (Å²) in [5.41, 5.74) is 2.09. The molecule has 3 heterocycles. The van der Waals surface area contributed by atoms with Crippen LogP contribution in [0.25, 0.3) is 5.65 Å². The van der Waals surface area contributed by atoms with Gasteiger partial charge in [0.25, 0.3) is 12.3 Å². The number of ether oxygens (including phenoxy) is 1. The molecular weight excluding hydrogens is 488 g/mol. The topological polar surface area (TPSA) is 132 Å². The lowest BCUT2D eigenvalue weighted by atomic mass is 10.1. The van der Waals surface area contributed by atoms with Gasteiger partial charge in [0.2, 0.25) is 0 Å². The zero-order chi connectivity index (χ0) is 25.1. The molecule has 14 heteroatoms. The van der Waals surface area contributed by atoms with Gasteiger partial charge in [-0.15, -0.1) is 0 Å². The third-order valence-electron chi connectivity index (χ3n) is 5.28. The van der Waals surface area contributed by atoms with Crippen LogP contribution in [0.3, 0.4) is 0 Å². The fourth-order valence-corrected chi connectivity index (χ4v) is 3.44. The molecule has 1 fully saturated rings. The predicted octanol–water partition coefficient (Wildman–Crippen LogP) is 4.14. The summed E-state index contributed by atoms with van der Waals surface area (Å²) in [7, 11) is 1.48. The Morgan fingerprint density at radius 1 is 1.23 bits per heavy atom. The number of amides is 3. The van der Waals surface area contributed by atoms with Crippen LogP contribution < -0.4 is 16.1 Å². The number of anilines is 2. The van der Waals surface area contributed by atoms with Crippen molar-refractivity contribution in [1.82, 2.24) is 25.1 Å². The smallest absolute Gasteiger partial charge is 0.323 e. The Morgan fingerprint density at radius 2 is 2.00 bits per heavy atom. The summed E-state index contributed by atoms with van der Waals surface area (Å²) in [6.07, 6.45) is 0.986. The minimum Gasteiger partial charge on any atom is -0.375 e. The van der Waals surface area contributed by atoms with Crippen LogP contribution in [-0.4, -0.2) is 45.2 Å². The van der Waals surface area contributed by atoms with E-state index in [1.165, 1.54) is 17.8 Å². The Balaban J connectivity index is 1.50. The first-order chi connectivity index (χ1) is 16.8. The number of pyridine rings is 1. The monoisotopic (exact) mass is 509 g/mol. The molecule has 0 aromatic carbocycles. The zero-order valence-electron chi connectivity index (χ0n) is 18.7. The number of hydrogen-bond acceptors (Lipinski definition) is 7. The number of nitrogens with one attached hydrogen (secondary N) is 3. The number of aromatic nitrogens is 4. The number of carbonyl (C=O) groups excluding carboxylic acids is 2. The van der Waals surface area contributed by atoms with Gasteiger partial charge in [-0.1, -0.05) is 11.6 Å². The Bertz CT molecular complexity index is 1250. The Kier molecular flexibility index (Phi) is 7.38. The van der Waals surface area contributed by atoms with Gasteiger partial charge >= 0.3 is 6.03 Å². The minimum atomic E-state index is -3.01. The highest BCUT2D eigenvalue weighted by Crippen LogP contribution is 2.29. The lowest BCUT2D eigenvalue weighted by Crippen LogP contribution is -2.27. The normalized spacial score (nSPS) is 14.2. The zero-order valence-corrected chi connectivity index (χ0v) is 19.5. The minimum absolute atomic E-state index is 0.0502. The summed E-state index contributed by atoms with van der Waals surface area (Å²) in [5.74, 6) is -0.524. The molecular formula is C21H22ClF2N7O4. The molecule has 3 amide bonds. The summed E-state index contributed by atoms with van der Waals surface area (Å²) in [6.45, 7) is 2.05. The molecule has 186 valence electrons. The van der Waals surface area contributed by atoms with Crippen molar-refractivity contribution in [1.29, 1.82) is 0 Å². The van der Waals surface area contributed by atoms with E-state index in [2.05, 4.69) is 31.2 Å². The number of urea groups is 1. The second kappa shape index (κ2) is 10.5. The van der Waals surface area contributed by atoms with E-state index in [1.54, 1.807) is 13.0 Å². The summed E-state index contributed by atoms with van der Waals surface area (Å²) in [6, 6.07) is 1.75. The van der Waals surface area contributed by atoms with E-state index in [1.807, 2.05) is 0 Å². The fraction of sp³-hybridized carbons (Fsp3) is 0.381. The van der Waals surface area contributed by atoms with Gasteiger partial charge in [0.1, 0.15) is 5.69 Å². The first-order valence-electron chi connectivity index (χ1n) is 10.6. The van der Waals surface area contributed by atoms with E-state index in [4.69, 9.17) is 21.2 Å². The molecule has 0 aliphatic heterocycles. The molecule has 0 radical (unpaired) electrons. The number of alkyl halides is 2. The third kappa shape index (κ3) is 5.81. The average molecular weight is 510 g/mol. The van der Waals surface area contributed by atoms with Gasteiger partial charge < -0.3 is 15.4 Å². The molecule has 0 spiro atoms. The van der Waals surface area contributed by atoms with Gasteiger partial charge in [-0.3, -0.25) is 9.63 Å². The van der Waals surface area contributed by atoms with Crippen LogP contribution in [0.2, 0.25) is 5.15 Å². The maximum Gasteiger partial charge on any atom is 0.323 e. The van der Waals surface area contributed by atoms with Crippen molar-refractivity contribution in [2.24, 2.45) is 5.92 Å². The molecule has 1 aliphatic carbocycles. The van der Waals surface area contributed by atoms with Gasteiger partial charge in [0.05, 0.1) is 47.7 Å². The SMILES string of the molecule is CO[C@@H](C)c1c(NC(=O)Nc2cnc(C(=O)NOCC3CC3)c(C(F)F)c2)cnc2cc(Cl)nn12. The molecule has 3 aromatic heterocycles. The number of rotatable bonds is 9. The molecule has 1 aliphatic rings. The Morgan fingerprint density at radius 3 is 2.69 bits per heavy atom. The molecule has 4 rings (SSSR count). The van der Waals surface area contributed by atoms with Crippen LogP contribution in [0, 0.1) is 5.92 Å². The van der Waals surface area contributed by atoms with Crippen molar-refractivity contribution in [3.8, 4) is 0 Å². The molecule has 1 atom stereocenters. The van der Waals surface area contributed by atoms with Crippen LogP contribution >= 0.6 is 11.6 Å². The van der Waals surface area contributed by atoms with Crippen LogP contribution in [0.1, 0.15) is 54.0 Å². The number of hydrogen-bond donors (Lipinski definition) is 3. The van der Waals surface area contributed by atoms with Crippen LogP contribution in [-0.2, 0) is 9.57 Å². The molecule has 3 aromatic rings. The van der Waals surface area contributed by atoms with Crippen molar-refractivity contribution in [3.63, 3.8) is 0 Å². The van der Waals surface area contributed by atoms with Crippen molar-refractivity contribution in [2.75, 3.05) is 24.4 Å². The van der Waals surface area contributed by atoms with Crippen molar-refractivity contribution in [3.05, 3.63) is 46.6 Å². The second-order valence-electron chi connectivity index (χ2n) is 7.90. The predicted molar refractivity (Wildman–Crippen MR) is 121 cm³/mol. The summed E-state index contributed by atoms with van der Waals surface area (Å²) >= 11 is 5.97. The third-order valence-corrected chi connectivity index (χ3v) is 5.47. The van der Waals surface area contributed by atoms with Crippen LogP contribution in [0.5, 0.6) is 0 Å². The number of methoxy groups -OCH3 is 1. The largest absolute Gasteiger partial charge is 0.375 e. The highest BCUT2D eigenvalue weighted by Gasteiger charge is 2.25. The molecule has 11 nitrogen and oxygen atoms in total. The number of carbonyl (C=O) groups is 2. The molecule has 0 unspecified atom stereocenters. The number of halogens is 3. The van der Waals surface area contributed by atoms with Gasteiger partial charge in [-0.05, 0) is 31.7 Å². The molecule has 0 saturated heterocycles. The molecule has 0 bridgehead atoms. The molecule has 35 heavy (non-hydrogen) atoms. The van der Waals surface area contributed by atoms with E-state index in [0.717, 1.165) is 25.1 Å². The Labute approximate surface area is 203 Å². The quantitative estimate of drug-likeness (QED) is 0.369. The fourth-order valence-electron chi connectivity index (χ4n) is 3.27. The second-order valence-corrected chi connectivity index (χ2v) is 8.29. The van der Waals surface area contributed by atoms with Crippen molar-refractivity contribution >= 4 is 40.6 Å². The summed E-state index contributed by atoms with van der Waals surface area (Å²) in [5, 5.41) is 9.37. The van der Waals surface area contributed by atoms with Gasteiger partial charge in [-0.2, -0.15) is 5.10 Å². The van der Waals surface area contributed by atoms with Crippen LogP contribution in [0.15, 0.2) is 24.5 Å². The molecule has 1 saturated carbocycles. The van der Waals surface area contributed by atoms with Gasteiger partial charge in [-0.25, -0.2) is 33.5 Å². The highest BCUT2D eigenvalue weighted by atomic mass is 35.5. The van der Waals surface area contributed by atoms with E-state index < -0.39 is 35.7 Å². The average Bonchev–Trinajstić information content (AvgIpc) is 3.56. The lowest BCUT2D eigenvalue weighted by molar-refractivity contribution is 0.0260. The van der Waals surface area contributed by atoms with Crippen molar-refractivity contribution < 1.29 is 27.9 Å². The summed E-state index contributed by atoms with van der Waals surface area (Å²) < 4.78 is 34.0. The lowest BCUT2D eigenvalue weighted by Gasteiger charge is -2.17. The number of nitrogens with zero attached hydrogens (tertiary/aromatic N) is 4. The van der Waals surface area contributed by atoms with E-state index >= 15 is 0 Å². The Hall–Kier alpha value is -3.42. The summed E-state index contributed by atoms with van der Waals surface area (Å²) in [4.78, 5) is 37.9. The van der Waals surface area contributed by atoms with Crippen LogP contribution in [0.4, 0.5) is 25.0 Å². The first kappa shape index (κ1) is 24.7. The van der Waals surface area contributed by atoms with Crippen molar-refractivity contribution in [2.45, 2.75) is 32.3 Å². The standard InChI is InChI=1S/C21H22ClF2N7O4/c1-10(34-2)18-14(8-25-16-6-15(22)29-31(16)18)28-21(33)27-12-5-13(19(23)24)17(26-7-12)20(32)30-35-9-11-3-4-11/h5-8,10-11,19H,3-4,9H2,1-2H3,(H,30,32)(H2,27,28,33)/t10-/m0/s1. The van der Waals surface area contributed by atoms with E-state index in [0.29, 0.717) is 23.9 Å². The van der Waals surface area contributed by atoms with Gasteiger partial charge in [0, 0.05) is 13.2 Å². The van der Waals surface area contributed by atoms with Gasteiger partial charge in [0.15, 0.2) is 10.8 Å². The first-order valence-corrected chi connectivity index (χ1v) is 11.0. The highest BCUT2D eigenvalue weighted by molar-refractivity contribution is 6.29. The maximum absolute atomic E-state index is 13.6.